The topological polar surface area (TPSA) is 102 Å². The summed E-state index contributed by atoms with van der Waals surface area (Å²) in [6.45, 7) is 0.430. The summed E-state index contributed by atoms with van der Waals surface area (Å²) in [7, 11) is 3.50. The lowest BCUT2D eigenvalue weighted by atomic mass is 9.89. The third-order valence-corrected chi connectivity index (χ3v) is 6.66. The van der Waals surface area contributed by atoms with Gasteiger partial charge in [-0.05, 0) is 48.2 Å². The molecule has 1 fully saturated rings. The van der Waals surface area contributed by atoms with Gasteiger partial charge < -0.3 is 25.4 Å². The van der Waals surface area contributed by atoms with Crippen molar-refractivity contribution in [1.29, 1.82) is 0 Å². The number of hydrogen-bond donors (Lipinski definition) is 3. The first-order chi connectivity index (χ1) is 17.1. The zero-order chi connectivity index (χ0) is 23.9. The number of imidazole rings is 1. The van der Waals surface area contributed by atoms with Crippen LogP contribution in [0.25, 0.3) is 22.3 Å². The Morgan fingerprint density at radius 3 is 2.86 bits per heavy atom. The number of amides is 1. The summed E-state index contributed by atoms with van der Waals surface area (Å²) in [4.78, 5) is 22.2. The molecule has 3 N–H and O–H groups in total. The van der Waals surface area contributed by atoms with Crippen molar-refractivity contribution in [3.63, 3.8) is 0 Å². The lowest BCUT2D eigenvalue weighted by molar-refractivity contribution is -0.0323. The fourth-order valence-corrected chi connectivity index (χ4v) is 4.69. The maximum absolute atomic E-state index is 13.0. The Labute approximate surface area is 202 Å². The summed E-state index contributed by atoms with van der Waals surface area (Å²) in [5.41, 5.74) is 5.77. The maximum Gasteiger partial charge on any atom is 0.328 e. The summed E-state index contributed by atoms with van der Waals surface area (Å²) < 4.78 is 13.3. The molecule has 9 heteroatoms. The number of nitrogens with one attached hydrogen (secondary N) is 3. The van der Waals surface area contributed by atoms with Crippen molar-refractivity contribution in [1.82, 2.24) is 19.9 Å². The van der Waals surface area contributed by atoms with Crippen molar-refractivity contribution >= 4 is 34.4 Å². The highest BCUT2D eigenvalue weighted by molar-refractivity contribution is 5.94. The second-order valence-corrected chi connectivity index (χ2v) is 8.82. The summed E-state index contributed by atoms with van der Waals surface area (Å²) >= 11 is 0. The molecule has 2 aromatic heterocycles. The van der Waals surface area contributed by atoms with E-state index >= 15 is 0 Å². The molecular formula is C26H26N6O3. The van der Waals surface area contributed by atoms with Gasteiger partial charge in [-0.1, -0.05) is 18.2 Å². The van der Waals surface area contributed by atoms with Gasteiger partial charge in [-0.25, -0.2) is 19.3 Å². The van der Waals surface area contributed by atoms with Crippen molar-refractivity contribution in [3.05, 3.63) is 60.4 Å². The third-order valence-electron chi connectivity index (χ3n) is 6.66. The Balaban J connectivity index is 1.50. The molecule has 1 amide bonds. The second-order valence-electron chi connectivity index (χ2n) is 8.82. The van der Waals surface area contributed by atoms with E-state index < -0.39 is 0 Å². The van der Waals surface area contributed by atoms with Gasteiger partial charge in [0.15, 0.2) is 5.65 Å². The predicted molar refractivity (Wildman–Crippen MR) is 134 cm³/mol. The first-order valence-corrected chi connectivity index (χ1v) is 11.7. The number of pyridine rings is 1. The summed E-state index contributed by atoms with van der Waals surface area (Å²) in [5, 5.41) is 9.68. The van der Waals surface area contributed by atoms with Crippen LogP contribution in [0, 0.1) is 0 Å². The van der Waals surface area contributed by atoms with E-state index in [1.807, 2.05) is 37.4 Å². The van der Waals surface area contributed by atoms with Crippen molar-refractivity contribution in [2.45, 2.75) is 31.6 Å². The van der Waals surface area contributed by atoms with Crippen LogP contribution in [0.1, 0.15) is 18.4 Å². The van der Waals surface area contributed by atoms with Gasteiger partial charge in [0.2, 0.25) is 0 Å². The SMILES string of the molecule is CNc1cc2nc3c1ncn3C(=O)N[C@@H]1CC[C@H]1OCc1cc(cc(-c3ccccc3OC)c1)N2. The minimum absolute atomic E-state index is 0.0422. The van der Waals surface area contributed by atoms with E-state index in [0.717, 1.165) is 46.7 Å². The molecule has 2 atom stereocenters. The first-order valence-electron chi connectivity index (χ1n) is 11.7. The normalized spacial score (nSPS) is 19.2. The molecule has 0 saturated heterocycles. The molecule has 0 unspecified atom stereocenters. The van der Waals surface area contributed by atoms with Gasteiger partial charge in [-0.15, -0.1) is 0 Å². The number of carbonyl (C=O) groups is 1. The van der Waals surface area contributed by atoms with Crippen molar-refractivity contribution < 1.29 is 14.3 Å². The van der Waals surface area contributed by atoms with E-state index in [9.17, 15) is 4.79 Å². The van der Waals surface area contributed by atoms with Crippen molar-refractivity contribution in [3.8, 4) is 16.9 Å². The predicted octanol–water partition coefficient (Wildman–Crippen LogP) is 4.51. The summed E-state index contributed by atoms with van der Waals surface area (Å²) in [6.07, 6.45) is 3.24. The molecule has 35 heavy (non-hydrogen) atoms. The molecule has 4 bridgehead atoms. The number of nitrogens with zero attached hydrogens (tertiary/aromatic N) is 3. The van der Waals surface area contributed by atoms with Crippen molar-refractivity contribution in [2.24, 2.45) is 0 Å². The third kappa shape index (κ3) is 3.83. The largest absolute Gasteiger partial charge is 0.496 e. The van der Waals surface area contributed by atoms with Gasteiger partial charge in [-0.3, -0.25) is 0 Å². The van der Waals surface area contributed by atoms with E-state index in [2.05, 4.69) is 39.1 Å². The van der Waals surface area contributed by atoms with Crippen LogP contribution < -0.4 is 20.7 Å². The molecule has 3 heterocycles. The minimum Gasteiger partial charge on any atom is -0.496 e. The number of fused-ring (bicyclic) bond motifs is 4. The van der Waals surface area contributed by atoms with E-state index in [-0.39, 0.29) is 18.2 Å². The summed E-state index contributed by atoms with van der Waals surface area (Å²) in [5.74, 6) is 1.40. The van der Waals surface area contributed by atoms with Gasteiger partial charge in [0.05, 0.1) is 31.5 Å². The van der Waals surface area contributed by atoms with Crippen LogP contribution in [0.2, 0.25) is 0 Å². The molecule has 0 radical (unpaired) electrons. The van der Waals surface area contributed by atoms with E-state index in [4.69, 9.17) is 14.5 Å². The molecule has 1 saturated carbocycles. The Morgan fingerprint density at radius 1 is 1.17 bits per heavy atom. The highest BCUT2D eigenvalue weighted by Crippen LogP contribution is 2.35. The number of benzene rings is 2. The number of carbonyl (C=O) groups excluding carboxylic acids is 1. The lowest BCUT2D eigenvalue weighted by Gasteiger charge is -2.36. The highest BCUT2D eigenvalue weighted by Gasteiger charge is 2.34. The van der Waals surface area contributed by atoms with Gasteiger partial charge in [0.25, 0.3) is 0 Å². The number of hydrogen-bond acceptors (Lipinski definition) is 7. The Hall–Kier alpha value is -4.11. The van der Waals surface area contributed by atoms with Crippen LogP contribution in [0.5, 0.6) is 5.75 Å². The molecule has 178 valence electrons. The molecule has 6 rings (SSSR count). The minimum atomic E-state index is -0.258. The Bertz CT molecular complexity index is 1430. The Morgan fingerprint density at radius 2 is 2.06 bits per heavy atom. The monoisotopic (exact) mass is 470 g/mol. The van der Waals surface area contributed by atoms with E-state index in [1.54, 1.807) is 7.11 Å². The fraction of sp³-hybridized carbons (Fsp3) is 0.269. The number of methoxy groups -OCH3 is 1. The average molecular weight is 471 g/mol. The first kappa shape index (κ1) is 21.4. The molecule has 0 spiro atoms. The zero-order valence-electron chi connectivity index (χ0n) is 19.5. The summed E-state index contributed by atoms with van der Waals surface area (Å²) in [6, 6.07) is 15.8. The molecule has 9 nitrogen and oxygen atoms in total. The zero-order valence-corrected chi connectivity index (χ0v) is 19.5. The highest BCUT2D eigenvalue weighted by atomic mass is 16.5. The van der Waals surface area contributed by atoms with E-state index in [1.165, 1.54) is 10.9 Å². The van der Waals surface area contributed by atoms with Crippen LogP contribution in [-0.2, 0) is 11.3 Å². The van der Waals surface area contributed by atoms with Crippen LogP contribution in [0.4, 0.5) is 22.0 Å². The van der Waals surface area contributed by atoms with Crippen LogP contribution >= 0.6 is 0 Å². The number of rotatable bonds is 3. The molecule has 2 aromatic carbocycles. The number of para-hydroxylation sites is 1. The standard InChI is InChI=1S/C26H26N6O3/c1-27-20-12-23-29-17-10-15(9-16(11-17)18-5-3-4-6-21(18)34-2)13-35-22-8-7-19(22)30-26(33)32-14-28-24(20)25(32)31-23/h3-6,9-12,14,19,22H,7-8,13H2,1-2H3,(H,30,33)(H2,27,29,31)/t19-,22-/m1/s1. The molecule has 4 aromatic rings. The van der Waals surface area contributed by atoms with Crippen molar-refractivity contribution in [2.75, 3.05) is 24.8 Å². The second kappa shape index (κ2) is 8.59. The molecular weight excluding hydrogens is 444 g/mol. The van der Waals surface area contributed by atoms with E-state index in [0.29, 0.717) is 23.6 Å². The van der Waals surface area contributed by atoms with Gasteiger partial charge in [-0.2, -0.15) is 0 Å². The smallest absolute Gasteiger partial charge is 0.328 e. The van der Waals surface area contributed by atoms with Gasteiger partial charge >= 0.3 is 6.03 Å². The number of anilines is 3. The number of ether oxygens (including phenoxy) is 2. The van der Waals surface area contributed by atoms with Gasteiger partial charge in [0.1, 0.15) is 23.4 Å². The molecule has 1 aliphatic heterocycles. The van der Waals surface area contributed by atoms with Crippen LogP contribution in [-0.4, -0.2) is 46.9 Å². The lowest BCUT2D eigenvalue weighted by Crippen LogP contribution is -2.52. The van der Waals surface area contributed by atoms with Crippen LogP contribution in [0.3, 0.4) is 0 Å². The molecule has 1 aliphatic carbocycles. The number of aromatic nitrogens is 3. The quantitative estimate of drug-likeness (QED) is 0.405. The van der Waals surface area contributed by atoms with Gasteiger partial charge in [0, 0.05) is 24.4 Å². The maximum atomic E-state index is 13.0. The Kier molecular flexibility index (Phi) is 5.26. The fourth-order valence-electron chi connectivity index (χ4n) is 4.69. The van der Waals surface area contributed by atoms with Crippen LogP contribution in [0.15, 0.2) is 54.9 Å². The average Bonchev–Trinajstić information content (AvgIpc) is 3.29. The molecule has 2 aliphatic rings.